The highest BCUT2D eigenvalue weighted by molar-refractivity contribution is 5.85. The normalized spacial score (nSPS) is 25.8. The predicted molar refractivity (Wildman–Crippen MR) is 122 cm³/mol. The van der Waals surface area contributed by atoms with Gasteiger partial charge in [0.2, 0.25) is 0 Å². The van der Waals surface area contributed by atoms with Crippen molar-refractivity contribution >= 4 is 24.8 Å². The summed E-state index contributed by atoms with van der Waals surface area (Å²) in [7, 11) is 2.12. The lowest BCUT2D eigenvalue weighted by atomic mass is 9.72. The fraction of sp³-hybridized carbons (Fsp3) is 0.727. The second kappa shape index (κ2) is 11.4. The van der Waals surface area contributed by atoms with Crippen LogP contribution >= 0.6 is 24.8 Å². The standard InChI is InChI=1S/C22H33F3N2O2.2ClH/c1-16-13-27(14-17(2)26(16)3)15-20(21(28)10-5-4-6-11-21)18-8-7-9-19(12-18)29-22(23,24)25;;/h7-9,12,16-17,20,28H,4-6,10-11,13-15H2,1-3H3;2*1H/t16?,17?,20-;;/m1../s1. The molecule has 31 heavy (non-hydrogen) atoms. The van der Waals surface area contributed by atoms with Crippen LogP contribution in [0.25, 0.3) is 0 Å². The quantitative estimate of drug-likeness (QED) is 0.617. The fourth-order valence-electron chi connectivity index (χ4n) is 4.95. The van der Waals surface area contributed by atoms with Crippen molar-refractivity contribution in [1.29, 1.82) is 0 Å². The SMILES string of the molecule is CC1CN(C[C@H](c2cccc(OC(F)(F)F)c2)C2(O)CCCCC2)CC(C)N1C.Cl.Cl. The van der Waals surface area contributed by atoms with Crippen LogP contribution < -0.4 is 4.74 Å². The van der Waals surface area contributed by atoms with E-state index in [1.807, 2.05) is 6.07 Å². The Labute approximate surface area is 195 Å². The Morgan fingerprint density at radius 1 is 1.10 bits per heavy atom. The van der Waals surface area contributed by atoms with E-state index in [-0.39, 0.29) is 36.5 Å². The first-order valence-corrected chi connectivity index (χ1v) is 10.6. The van der Waals surface area contributed by atoms with Gasteiger partial charge in [0, 0.05) is 37.6 Å². The van der Waals surface area contributed by atoms with Crippen LogP contribution in [-0.4, -0.2) is 65.6 Å². The van der Waals surface area contributed by atoms with Gasteiger partial charge in [-0.3, -0.25) is 9.80 Å². The van der Waals surface area contributed by atoms with Crippen molar-refractivity contribution in [2.24, 2.45) is 0 Å². The molecule has 1 aliphatic heterocycles. The van der Waals surface area contributed by atoms with Crippen LogP contribution in [0.4, 0.5) is 13.2 Å². The van der Waals surface area contributed by atoms with Gasteiger partial charge in [-0.2, -0.15) is 0 Å². The summed E-state index contributed by atoms with van der Waals surface area (Å²) in [5, 5.41) is 11.5. The highest BCUT2D eigenvalue weighted by Crippen LogP contribution is 2.42. The molecule has 9 heteroatoms. The maximum Gasteiger partial charge on any atom is 0.573 e. The minimum absolute atomic E-state index is 0. The predicted octanol–water partition coefficient (Wildman–Crippen LogP) is 5.23. The van der Waals surface area contributed by atoms with Crippen LogP contribution in [0.1, 0.15) is 57.4 Å². The molecular formula is C22H35Cl2F3N2O2. The molecule has 0 bridgehead atoms. The third-order valence-electron chi connectivity index (χ3n) is 6.74. The molecule has 1 aliphatic carbocycles. The Kier molecular flexibility index (Phi) is 10.4. The number of alkyl halides is 3. The van der Waals surface area contributed by atoms with E-state index in [4.69, 9.17) is 0 Å². The molecular weight excluding hydrogens is 452 g/mol. The number of hydrogen-bond donors (Lipinski definition) is 1. The van der Waals surface area contributed by atoms with Crippen molar-refractivity contribution in [3.63, 3.8) is 0 Å². The van der Waals surface area contributed by atoms with Gasteiger partial charge in [0.05, 0.1) is 5.60 Å². The molecule has 0 spiro atoms. The molecule has 0 amide bonds. The molecule has 1 N–H and O–H groups in total. The van der Waals surface area contributed by atoms with E-state index in [1.54, 1.807) is 6.07 Å². The summed E-state index contributed by atoms with van der Waals surface area (Å²) in [4.78, 5) is 4.70. The topological polar surface area (TPSA) is 35.9 Å². The molecule has 4 nitrogen and oxygen atoms in total. The molecule has 1 saturated carbocycles. The van der Waals surface area contributed by atoms with Crippen molar-refractivity contribution in [3.8, 4) is 5.75 Å². The second-order valence-electron chi connectivity index (χ2n) is 8.92. The van der Waals surface area contributed by atoms with E-state index in [2.05, 4.69) is 35.4 Å². The van der Waals surface area contributed by atoms with Gasteiger partial charge < -0.3 is 9.84 Å². The van der Waals surface area contributed by atoms with Gasteiger partial charge in [0.1, 0.15) is 5.75 Å². The lowest BCUT2D eigenvalue weighted by molar-refractivity contribution is -0.274. The summed E-state index contributed by atoms with van der Waals surface area (Å²) < 4.78 is 42.3. The molecule has 3 rings (SSSR count). The number of hydrogen-bond acceptors (Lipinski definition) is 4. The van der Waals surface area contributed by atoms with E-state index in [9.17, 15) is 18.3 Å². The Bertz CT molecular complexity index is 675. The smallest absolute Gasteiger partial charge is 0.406 e. The van der Waals surface area contributed by atoms with Crippen LogP contribution in [-0.2, 0) is 0 Å². The Balaban J connectivity index is 0.00000240. The number of likely N-dealkylation sites (N-methyl/N-ethyl adjacent to an activating group) is 1. The molecule has 1 aromatic carbocycles. The van der Waals surface area contributed by atoms with Gasteiger partial charge in [0.15, 0.2) is 0 Å². The van der Waals surface area contributed by atoms with Gasteiger partial charge >= 0.3 is 6.36 Å². The summed E-state index contributed by atoms with van der Waals surface area (Å²) in [6.45, 7) is 6.77. The van der Waals surface area contributed by atoms with Gasteiger partial charge in [-0.05, 0) is 51.4 Å². The minimum Gasteiger partial charge on any atom is -0.406 e. The van der Waals surface area contributed by atoms with Gasteiger partial charge in [0.25, 0.3) is 0 Å². The number of nitrogens with zero attached hydrogens (tertiary/aromatic N) is 2. The summed E-state index contributed by atoms with van der Waals surface area (Å²) in [6, 6.07) is 6.96. The van der Waals surface area contributed by atoms with E-state index in [1.165, 1.54) is 12.1 Å². The average molecular weight is 487 g/mol. The molecule has 1 saturated heterocycles. The lowest BCUT2D eigenvalue weighted by Crippen LogP contribution is -2.57. The van der Waals surface area contributed by atoms with E-state index >= 15 is 0 Å². The molecule has 2 fully saturated rings. The Morgan fingerprint density at radius 2 is 1.68 bits per heavy atom. The summed E-state index contributed by atoms with van der Waals surface area (Å²) in [5.41, 5.74) is -0.180. The number of ether oxygens (including phenoxy) is 1. The molecule has 1 heterocycles. The number of halogens is 5. The van der Waals surface area contributed by atoms with E-state index in [0.29, 0.717) is 31.5 Å². The maximum absolute atomic E-state index is 12.7. The van der Waals surface area contributed by atoms with Crippen molar-refractivity contribution in [1.82, 2.24) is 9.80 Å². The fourth-order valence-corrected chi connectivity index (χ4v) is 4.95. The molecule has 180 valence electrons. The summed E-state index contributed by atoms with van der Waals surface area (Å²) in [5.74, 6) is -0.470. The first-order chi connectivity index (χ1) is 13.6. The first kappa shape index (κ1) is 28.3. The number of aliphatic hydroxyl groups is 1. The Hall–Kier alpha value is -0.730. The molecule has 0 aromatic heterocycles. The minimum atomic E-state index is -4.72. The zero-order chi connectivity index (χ0) is 21.2. The monoisotopic (exact) mass is 486 g/mol. The maximum atomic E-state index is 12.7. The average Bonchev–Trinajstić information content (AvgIpc) is 2.63. The zero-order valence-electron chi connectivity index (χ0n) is 18.4. The molecule has 2 unspecified atom stereocenters. The number of rotatable bonds is 5. The van der Waals surface area contributed by atoms with Crippen LogP contribution in [0, 0.1) is 0 Å². The van der Waals surface area contributed by atoms with Crippen LogP contribution in [0.2, 0.25) is 0 Å². The van der Waals surface area contributed by atoms with E-state index in [0.717, 1.165) is 37.9 Å². The number of piperazine rings is 1. The van der Waals surface area contributed by atoms with Crippen LogP contribution in [0.15, 0.2) is 24.3 Å². The highest BCUT2D eigenvalue weighted by Gasteiger charge is 2.41. The summed E-state index contributed by atoms with van der Waals surface area (Å²) >= 11 is 0. The van der Waals surface area contributed by atoms with Crippen molar-refractivity contribution < 1.29 is 23.0 Å². The van der Waals surface area contributed by atoms with Gasteiger partial charge in [-0.25, -0.2) is 0 Å². The van der Waals surface area contributed by atoms with Crippen LogP contribution in [0.3, 0.4) is 0 Å². The first-order valence-electron chi connectivity index (χ1n) is 10.6. The molecule has 2 aliphatic rings. The molecule has 0 radical (unpaired) electrons. The molecule has 3 atom stereocenters. The lowest BCUT2D eigenvalue weighted by Gasteiger charge is -2.46. The largest absolute Gasteiger partial charge is 0.573 e. The van der Waals surface area contributed by atoms with Crippen molar-refractivity contribution in [3.05, 3.63) is 29.8 Å². The zero-order valence-corrected chi connectivity index (χ0v) is 20.0. The number of benzene rings is 1. The Morgan fingerprint density at radius 3 is 2.23 bits per heavy atom. The van der Waals surface area contributed by atoms with Crippen molar-refractivity contribution in [2.45, 2.75) is 75.9 Å². The summed E-state index contributed by atoms with van der Waals surface area (Å²) in [6.07, 6.45) is -0.378. The van der Waals surface area contributed by atoms with E-state index < -0.39 is 12.0 Å². The van der Waals surface area contributed by atoms with Gasteiger partial charge in [-0.1, -0.05) is 31.4 Å². The molecule has 1 aromatic rings. The van der Waals surface area contributed by atoms with Gasteiger partial charge in [-0.15, -0.1) is 38.0 Å². The third kappa shape index (κ3) is 7.39. The van der Waals surface area contributed by atoms with Crippen molar-refractivity contribution in [2.75, 3.05) is 26.7 Å². The second-order valence-corrected chi connectivity index (χ2v) is 8.92. The highest BCUT2D eigenvalue weighted by atomic mass is 35.5. The third-order valence-corrected chi connectivity index (χ3v) is 6.74. The van der Waals surface area contributed by atoms with Crippen LogP contribution in [0.5, 0.6) is 5.75 Å².